The van der Waals surface area contributed by atoms with E-state index in [-0.39, 0.29) is 5.43 Å². The summed E-state index contributed by atoms with van der Waals surface area (Å²) in [6, 6.07) is 10.7. The summed E-state index contributed by atoms with van der Waals surface area (Å²) >= 11 is 0. The van der Waals surface area contributed by atoms with Crippen LogP contribution in [0.5, 0.6) is 5.75 Å². The Labute approximate surface area is 121 Å². The van der Waals surface area contributed by atoms with Crippen LogP contribution in [-0.4, -0.2) is 7.11 Å². The molecule has 0 unspecified atom stereocenters. The van der Waals surface area contributed by atoms with Crippen LogP contribution >= 0.6 is 0 Å². The third kappa shape index (κ3) is 2.34. The van der Waals surface area contributed by atoms with Crippen molar-refractivity contribution in [1.82, 2.24) is 0 Å². The fraction of sp³-hybridized carbons (Fsp3) is 0.0556. The second-order valence-corrected chi connectivity index (χ2v) is 4.64. The van der Waals surface area contributed by atoms with Crippen LogP contribution in [-0.2, 0) is 0 Å². The molecule has 0 atom stereocenters. The van der Waals surface area contributed by atoms with E-state index < -0.39 is 0 Å². The molecule has 0 radical (unpaired) electrons. The van der Waals surface area contributed by atoms with Crippen molar-refractivity contribution < 1.29 is 9.15 Å². The van der Waals surface area contributed by atoms with Gasteiger partial charge in [-0.2, -0.15) is 0 Å². The van der Waals surface area contributed by atoms with Gasteiger partial charge in [-0.3, -0.25) is 4.79 Å². The first kappa shape index (κ1) is 13.2. The molecule has 0 bridgehead atoms. The smallest absolute Gasteiger partial charge is 0.200 e. The third-order valence-electron chi connectivity index (χ3n) is 3.33. The lowest BCUT2D eigenvalue weighted by atomic mass is 10.1. The summed E-state index contributed by atoms with van der Waals surface area (Å²) in [5.41, 5.74) is 1.99. The zero-order valence-electron chi connectivity index (χ0n) is 11.6. The molecule has 21 heavy (non-hydrogen) atoms. The number of rotatable bonds is 3. The molecule has 0 saturated carbocycles. The maximum absolute atomic E-state index is 12.6. The average molecular weight is 278 g/mol. The van der Waals surface area contributed by atoms with Crippen molar-refractivity contribution in [3.05, 3.63) is 70.9 Å². The summed E-state index contributed by atoms with van der Waals surface area (Å²) < 4.78 is 11.0. The Morgan fingerprint density at radius 1 is 1.10 bits per heavy atom. The molecule has 104 valence electrons. The van der Waals surface area contributed by atoms with Crippen molar-refractivity contribution in [2.45, 2.75) is 0 Å². The molecule has 3 nitrogen and oxygen atoms in total. The molecule has 2 aromatic carbocycles. The topological polar surface area (TPSA) is 39.4 Å². The summed E-state index contributed by atoms with van der Waals surface area (Å²) in [4.78, 5) is 12.6. The molecule has 0 amide bonds. The van der Waals surface area contributed by atoms with Crippen LogP contribution in [0.4, 0.5) is 0 Å². The van der Waals surface area contributed by atoms with Crippen molar-refractivity contribution in [1.29, 1.82) is 0 Å². The predicted molar refractivity (Wildman–Crippen MR) is 85.8 cm³/mol. The Hall–Kier alpha value is -2.81. The number of benzene rings is 2. The summed E-state index contributed by atoms with van der Waals surface area (Å²) in [6.07, 6.45) is 5.41. The number of fused-ring (bicyclic) bond motifs is 2. The summed E-state index contributed by atoms with van der Waals surface area (Å²) in [5, 5.41) is 1.12. The van der Waals surface area contributed by atoms with E-state index in [1.54, 1.807) is 37.5 Å². The Morgan fingerprint density at radius 3 is 2.71 bits per heavy atom. The van der Waals surface area contributed by atoms with Gasteiger partial charge in [0.05, 0.1) is 17.9 Å². The van der Waals surface area contributed by atoms with Gasteiger partial charge in [-0.15, -0.1) is 0 Å². The van der Waals surface area contributed by atoms with E-state index in [9.17, 15) is 4.79 Å². The van der Waals surface area contributed by atoms with Crippen LogP contribution in [0.3, 0.4) is 0 Å². The average Bonchev–Trinajstić information content (AvgIpc) is 2.53. The first-order chi connectivity index (χ1) is 10.2. The molecular formula is C18H14O3. The van der Waals surface area contributed by atoms with Gasteiger partial charge in [-0.25, -0.2) is 0 Å². The number of methoxy groups -OCH3 is 1. The summed E-state index contributed by atoms with van der Waals surface area (Å²) in [7, 11) is 1.58. The van der Waals surface area contributed by atoms with Gasteiger partial charge >= 0.3 is 0 Å². The molecule has 3 heteroatoms. The van der Waals surface area contributed by atoms with Crippen LogP contribution < -0.4 is 10.2 Å². The minimum Gasteiger partial charge on any atom is -0.497 e. The zero-order valence-corrected chi connectivity index (χ0v) is 11.6. The maximum atomic E-state index is 12.6. The molecule has 3 aromatic rings. The highest BCUT2D eigenvalue weighted by atomic mass is 16.5. The minimum absolute atomic E-state index is 0.0391. The van der Waals surface area contributed by atoms with E-state index in [4.69, 9.17) is 9.15 Å². The fourth-order valence-corrected chi connectivity index (χ4v) is 2.26. The molecule has 0 saturated heterocycles. The van der Waals surface area contributed by atoms with Gasteiger partial charge in [0, 0.05) is 6.07 Å². The predicted octanol–water partition coefficient (Wildman–Crippen LogP) is 4.15. The summed E-state index contributed by atoms with van der Waals surface area (Å²) in [6.45, 7) is 3.63. The van der Waals surface area contributed by atoms with E-state index in [2.05, 4.69) is 6.58 Å². The van der Waals surface area contributed by atoms with E-state index >= 15 is 0 Å². The molecule has 1 aromatic heterocycles. The van der Waals surface area contributed by atoms with Gasteiger partial charge in [0.15, 0.2) is 0 Å². The fourth-order valence-electron chi connectivity index (χ4n) is 2.26. The first-order valence-corrected chi connectivity index (χ1v) is 6.56. The Morgan fingerprint density at radius 2 is 1.95 bits per heavy atom. The van der Waals surface area contributed by atoms with Gasteiger partial charge in [-0.1, -0.05) is 30.9 Å². The van der Waals surface area contributed by atoms with E-state index in [1.807, 2.05) is 24.3 Å². The monoisotopic (exact) mass is 278 g/mol. The highest BCUT2D eigenvalue weighted by molar-refractivity contribution is 5.91. The molecule has 3 rings (SSSR count). The maximum Gasteiger partial charge on any atom is 0.200 e. The number of allylic oxidation sites excluding steroid dienone is 2. The van der Waals surface area contributed by atoms with E-state index in [1.165, 1.54) is 0 Å². The lowest BCUT2D eigenvalue weighted by Gasteiger charge is -2.04. The van der Waals surface area contributed by atoms with Gasteiger partial charge in [0.1, 0.15) is 16.9 Å². The van der Waals surface area contributed by atoms with Gasteiger partial charge in [0.25, 0.3) is 0 Å². The Bertz CT molecular complexity index is 917. The van der Waals surface area contributed by atoms with Gasteiger partial charge in [-0.05, 0) is 29.8 Å². The zero-order chi connectivity index (χ0) is 14.8. The molecule has 0 fully saturated rings. The SMILES string of the molecule is C=C/C=C\c1ccc2oc3cc(OC)ccc3c(=O)c2c1. The second-order valence-electron chi connectivity index (χ2n) is 4.64. The quantitative estimate of drug-likeness (QED) is 0.533. The number of ether oxygens (including phenoxy) is 1. The van der Waals surface area contributed by atoms with Crippen LogP contribution in [0, 0.1) is 0 Å². The van der Waals surface area contributed by atoms with Crippen molar-refractivity contribution in [3.8, 4) is 5.75 Å². The van der Waals surface area contributed by atoms with Crippen molar-refractivity contribution >= 4 is 28.0 Å². The van der Waals surface area contributed by atoms with Crippen molar-refractivity contribution in [2.75, 3.05) is 7.11 Å². The number of hydrogen-bond acceptors (Lipinski definition) is 3. The van der Waals surface area contributed by atoms with E-state index in [0.29, 0.717) is 27.7 Å². The second kappa shape index (κ2) is 5.29. The molecule has 0 spiro atoms. The minimum atomic E-state index is -0.0391. The third-order valence-corrected chi connectivity index (χ3v) is 3.33. The molecule has 0 aliphatic heterocycles. The molecule has 0 N–H and O–H groups in total. The van der Waals surface area contributed by atoms with Crippen molar-refractivity contribution in [2.24, 2.45) is 0 Å². The van der Waals surface area contributed by atoms with Gasteiger partial charge < -0.3 is 9.15 Å². The van der Waals surface area contributed by atoms with Gasteiger partial charge in [0.2, 0.25) is 5.43 Å². The molecule has 0 aliphatic carbocycles. The summed E-state index contributed by atoms with van der Waals surface area (Å²) in [5.74, 6) is 0.663. The molecular weight excluding hydrogens is 264 g/mol. The van der Waals surface area contributed by atoms with Crippen LogP contribution in [0.2, 0.25) is 0 Å². The van der Waals surface area contributed by atoms with Crippen LogP contribution in [0.15, 0.2) is 64.3 Å². The Balaban J connectivity index is 2.31. The molecule has 1 heterocycles. The highest BCUT2D eigenvalue weighted by Crippen LogP contribution is 2.23. The largest absolute Gasteiger partial charge is 0.497 e. The van der Waals surface area contributed by atoms with Crippen LogP contribution in [0.1, 0.15) is 5.56 Å². The lowest BCUT2D eigenvalue weighted by molar-refractivity contribution is 0.414. The Kier molecular flexibility index (Phi) is 3.32. The van der Waals surface area contributed by atoms with Crippen molar-refractivity contribution in [3.63, 3.8) is 0 Å². The lowest BCUT2D eigenvalue weighted by Crippen LogP contribution is -2.02. The van der Waals surface area contributed by atoms with Crippen LogP contribution in [0.25, 0.3) is 28.0 Å². The molecule has 0 aliphatic rings. The normalized spacial score (nSPS) is 11.3. The first-order valence-electron chi connectivity index (χ1n) is 6.56. The highest BCUT2D eigenvalue weighted by Gasteiger charge is 2.08. The number of hydrogen-bond donors (Lipinski definition) is 0. The van der Waals surface area contributed by atoms with E-state index in [0.717, 1.165) is 5.56 Å². The standard InChI is InChI=1S/C18H14O3/c1-3-4-5-12-6-9-16-15(10-12)18(19)14-8-7-13(20-2)11-17(14)21-16/h3-11H,1H2,2H3/b5-4-.